The molecule has 1 atom stereocenters. The number of hydrogen-bond acceptors (Lipinski definition) is 3. The first-order valence-corrected chi connectivity index (χ1v) is 7.41. The average Bonchev–Trinajstić information content (AvgIpc) is 2.95. The van der Waals surface area contributed by atoms with Gasteiger partial charge in [0, 0.05) is 30.6 Å². The highest BCUT2D eigenvalue weighted by molar-refractivity contribution is 5.94. The smallest absolute Gasteiger partial charge is 0.253 e. The second-order valence-corrected chi connectivity index (χ2v) is 5.42. The minimum Gasteiger partial charge on any atom is -0.369 e. The maximum absolute atomic E-state index is 12.0. The molecule has 1 saturated heterocycles. The predicted molar refractivity (Wildman–Crippen MR) is 82.2 cm³/mol. The number of anilines is 2. The molecule has 1 fully saturated rings. The van der Waals surface area contributed by atoms with Gasteiger partial charge in [0.05, 0.1) is 0 Å². The minimum absolute atomic E-state index is 0.0357. The lowest BCUT2D eigenvalue weighted by Gasteiger charge is -2.27. The quantitative estimate of drug-likeness (QED) is 0.898. The zero-order valence-corrected chi connectivity index (χ0v) is 12.6. The van der Waals surface area contributed by atoms with Crippen molar-refractivity contribution in [3.05, 3.63) is 24.3 Å². The number of rotatable bonds is 5. The molecule has 1 aromatic carbocycles. The Labute approximate surface area is 121 Å². The summed E-state index contributed by atoms with van der Waals surface area (Å²) in [4.78, 5) is 14.3. The van der Waals surface area contributed by atoms with Crippen LogP contribution >= 0.6 is 0 Å². The van der Waals surface area contributed by atoms with Crippen molar-refractivity contribution in [1.29, 1.82) is 0 Å². The first kappa shape index (κ1) is 14.9. The SMILES string of the molecule is CCN(c1ccc(NC(=O)[C@@H]2CCCO2)cc1)C(C)C. The molecule has 1 aliphatic rings. The van der Waals surface area contributed by atoms with Gasteiger partial charge in [0.1, 0.15) is 6.10 Å². The van der Waals surface area contributed by atoms with Crippen LogP contribution in [0.4, 0.5) is 11.4 Å². The third kappa shape index (κ3) is 3.51. The van der Waals surface area contributed by atoms with E-state index in [1.165, 1.54) is 5.69 Å². The molecule has 0 radical (unpaired) electrons. The molecule has 1 amide bonds. The zero-order chi connectivity index (χ0) is 14.5. The van der Waals surface area contributed by atoms with Crippen molar-refractivity contribution < 1.29 is 9.53 Å². The van der Waals surface area contributed by atoms with E-state index in [0.29, 0.717) is 12.6 Å². The molecule has 1 aliphatic heterocycles. The molecule has 20 heavy (non-hydrogen) atoms. The van der Waals surface area contributed by atoms with Crippen molar-refractivity contribution in [1.82, 2.24) is 0 Å². The molecule has 110 valence electrons. The van der Waals surface area contributed by atoms with Crippen LogP contribution in [-0.4, -0.2) is 31.2 Å². The van der Waals surface area contributed by atoms with Crippen LogP contribution in [-0.2, 0) is 9.53 Å². The molecule has 1 heterocycles. The molecule has 0 saturated carbocycles. The lowest BCUT2D eigenvalue weighted by Crippen LogP contribution is -2.30. The number of carbonyl (C=O) groups excluding carboxylic acids is 1. The van der Waals surface area contributed by atoms with Gasteiger partial charge in [-0.1, -0.05) is 0 Å². The first-order chi connectivity index (χ1) is 9.61. The highest BCUT2D eigenvalue weighted by Crippen LogP contribution is 2.21. The van der Waals surface area contributed by atoms with Gasteiger partial charge in [-0.2, -0.15) is 0 Å². The second-order valence-electron chi connectivity index (χ2n) is 5.42. The fourth-order valence-electron chi connectivity index (χ4n) is 2.59. The molecule has 2 rings (SSSR count). The lowest BCUT2D eigenvalue weighted by molar-refractivity contribution is -0.124. The predicted octanol–water partition coefficient (Wildman–Crippen LogP) is 3.04. The highest BCUT2D eigenvalue weighted by atomic mass is 16.5. The Balaban J connectivity index is 1.99. The maximum Gasteiger partial charge on any atom is 0.253 e. The Kier molecular flexibility index (Phi) is 5.01. The van der Waals surface area contributed by atoms with E-state index in [0.717, 1.165) is 25.1 Å². The van der Waals surface area contributed by atoms with Crippen LogP contribution in [0, 0.1) is 0 Å². The third-order valence-electron chi connectivity index (χ3n) is 3.65. The standard InChI is InChI=1S/C16H24N2O2/c1-4-18(12(2)3)14-9-7-13(8-10-14)17-16(19)15-6-5-11-20-15/h7-10,12,15H,4-6,11H2,1-3H3,(H,17,19)/t15-/m0/s1. The molecule has 0 spiro atoms. The number of ether oxygens (including phenoxy) is 1. The van der Waals surface area contributed by atoms with Gasteiger partial charge < -0.3 is 15.0 Å². The van der Waals surface area contributed by atoms with Crippen LogP contribution in [0.25, 0.3) is 0 Å². The molecular weight excluding hydrogens is 252 g/mol. The molecule has 1 N–H and O–H groups in total. The summed E-state index contributed by atoms with van der Waals surface area (Å²) in [5, 5.41) is 2.91. The Morgan fingerprint density at radius 1 is 1.40 bits per heavy atom. The number of carbonyl (C=O) groups is 1. The topological polar surface area (TPSA) is 41.6 Å². The van der Waals surface area contributed by atoms with E-state index in [-0.39, 0.29) is 12.0 Å². The molecule has 0 bridgehead atoms. The zero-order valence-electron chi connectivity index (χ0n) is 12.6. The van der Waals surface area contributed by atoms with Crippen molar-refractivity contribution in [3.63, 3.8) is 0 Å². The van der Waals surface area contributed by atoms with E-state index in [1.807, 2.05) is 12.1 Å². The molecule has 0 unspecified atom stereocenters. The van der Waals surface area contributed by atoms with E-state index in [1.54, 1.807) is 0 Å². The van der Waals surface area contributed by atoms with Gasteiger partial charge in [0.2, 0.25) is 0 Å². The van der Waals surface area contributed by atoms with Crippen LogP contribution in [0.1, 0.15) is 33.6 Å². The Hall–Kier alpha value is -1.55. The summed E-state index contributed by atoms with van der Waals surface area (Å²) < 4.78 is 5.38. The molecule has 1 aromatic rings. The fraction of sp³-hybridized carbons (Fsp3) is 0.562. The minimum atomic E-state index is -0.280. The monoisotopic (exact) mass is 276 g/mol. The Morgan fingerprint density at radius 3 is 2.60 bits per heavy atom. The second kappa shape index (κ2) is 6.75. The Bertz CT molecular complexity index is 436. The van der Waals surface area contributed by atoms with Gasteiger partial charge in [0.25, 0.3) is 5.91 Å². The molecule has 0 aromatic heterocycles. The van der Waals surface area contributed by atoms with Crippen molar-refractivity contribution in [2.45, 2.75) is 45.8 Å². The number of nitrogens with one attached hydrogen (secondary N) is 1. The van der Waals surface area contributed by atoms with Crippen molar-refractivity contribution >= 4 is 17.3 Å². The molecule has 4 nitrogen and oxygen atoms in total. The van der Waals surface area contributed by atoms with Gasteiger partial charge >= 0.3 is 0 Å². The summed E-state index contributed by atoms with van der Waals surface area (Å²) in [5.74, 6) is -0.0357. The van der Waals surface area contributed by atoms with Gasteiger partial charge in [0.15, 0.2) is 0 Å². The third-order valence-corrected chi connectivity index (χ3v) is 3.65. The summed E-state index contributed by atoms with van der Waals surface area (Å²) in [5.41, 5.74) is 2.01. The van der Waals surface area contributed by atoms with Crippen molar-refractivity contribution in [2.75, 3.05) is 23.4 Å². The maximum atomic E-state index is 12.0. The number of amides is 1. The normalized spacial score (nSPS) is 18.3. The number of benzene rings is 1. The lowest BCUT2D eigenvalue weighted by atomic mass is 10.2. The summed E-state index contributed by atoms with van der Waals surface area (Å²) in [6, 6.07) is 8.47. The highest BCUT2D eigenvalue weighted by Gasteiger charge is 2.23. The van der Waals surface area contributed by atoms with Crippen LogP contribution in [0.3, 0.4) is 0 Å². The van der Waals surface area contributed by atoms with Gasteiger partial charge in [-0.15, -0.1) is 0 Å². The van der Waals surface area contributed by atoms with E-state index in [9.17, 15) is 4.79 Å². The molecular formula is C16H24N2O2. The van der Waals surface area contributed by atoms with Gasteiger partial charge in [-0.25, -0.2) is 0 Å². The molecule has 4 heteroatoms. The number of nitrogens with zero attached hydrogens (tertiary/aromatic N) is 1. The Morgan fingerprint density at radius 2 is 2.10 bits per heavy atom. The van der Waals surface area contributed by atoms with Crippen molar-refractivity contribution in [2.24, 2.45) is 0 Å². The van der Waals surface area contributed by atoms with Crippen LogP contribution in [0.5, 0.6) is 0 Å². The van der Waals surface area contributed by atoms with E-state index < -0.39 is 0 Å². The summed E-state index contributed by atoms with van der Waals surface area (Å²) >= 11 is 0. The largest absolute Gasteiger partial charge is 0.369 e. The summed E-state index contributed by atoms with van der Waals surface area (Å²) in [7, 11) is 0. The summed E-state index contributed by atoms with van der Waals surface area (Å²) in [6.07, 6.45) is 1.51. The van der Waals surface area contributed by atoms with Crippen LogP contribution in [0.2, 0.25) is 0 Å². The first-order valence-electron chi connectivity index (χ1n) is 7.41. The fourth-order valence-corrected chi connectivity index (χ4v) is 2.59. The van der Waals surface area contributed by atoms with Crippen LogP contribution < -0.4 is 10.2 Å². The average molecular weight is 276 g/mol. The van der Waals surface area contributed by atoms with E-state index in [2.05, 4.69) is 43.1 Å². The van der Waals surface area contributed by atoms with Gasteiger partial charge in [-0.3, -0.25) is 4.79 Å². The van der Waals surface area contributed by atoms with Gasteiger partial charge in [-0.05, 0) is 57.9 Å². The van der Waals surface area contributed by atoms with Crippen LogP contribution in [0.15, 0.2) is 24.3 Å². The summed E-state index contributed by atoms with van der Waals surface area (Å²) in [6.45, 7) is 8.16. The van der Waals surface area contributed by atoms with E-state index in [4.69, 9.17) is 4.74 Å². The molecule has 0 aliphatic carbocycles. The van der Waals surface area contributed by atoms with Crippen molar-refractivity contribution in [3.8, 4) is 0 Å². The number of hydrogen-bond donors (Lipinski definition) is 1. The van der Waals surface area contributed by atoms with E-state index >= 15 is 0 Å².